The second kappa shape index (κ2) is 6.30. The molecule has 5 heteroatoms. The maximum absolute atomic E-state index is 12.5. The summed E-state index contributed by atoms with van der Waals surface area (Å²) < 4.78 is 1.77. The third-order valence-corrected chi connectivity index (χ3v) is 6.00. The average molecular weight is 339 g/mol. The molecule has 4 rings (SSSR count). The Morgan fingerprint density at radius 2 is 2.08 bits per heavy atom. The summed E-state index contributed by atoms with van der Waals surface area (Å²) in [6.07, 6.45) is 7.17. The van der Waals surface area contributed by atoms with E-state index in [0.717, 1.165) is 44.3 Å². The van der Waals surface area contributed by atoms with Crippen LogP contribution in [0, 0.1) is 0 Å². The fourth-order valence-electron chi connectivity index (χ4n) is 4.54. The Bertz CT molecular complexity index is 775. The highest BCUT2D eigenvalue weighted by Crippen LogP contribution is 2.46. The van der Waals surface area contributed by atoms with Crippen LogP contribution in [0.4, 0.5) is 0 Å². The standard InChI is InChI=1S/C20H25N3O2/c1-22-14-15(13-21-22)6-7-19(25)23-10-8-20(9-11-23)17-5-3-2-4-16(17)12-18(20)24/h2-5,13-14,18,24H,6-12H2,1H3. The van der Waals surface area contributed by atoms with Crippen molar-refractivity contribution >= 4 is 5.91 Å². The number of benzene rings is 1. The van der Waals surface area contributed by atoms with Crippen LogP contribution in [0.1, 0.15) is 36.0 Å². The maximum atomic E-state index is 12.5. The summed E-state index contributed by atoms with van der Waals surface area (Å²) in [5.41, 5.74) is 3.51. The fourth-order valence-corrected chi connectivity index (χ4v) is 4.54. The lowest BCUT2D eigenvalue weighted by Crippen LogP contribution is -2.49. The second-order valence-electron chi connectivity index (χ2n) is 7.44. The molecule has 5 nitrogen and oxygen atoms in total. The Hall–Kier alpha value is -2.14. The van der Waals surface area contributed by atoms with Crippen molar-refractivity contribution in [2.75, 3.05) is 13.1 Å². The van der Waals surface area contributed by atoms with Crippen molar-refractivity contribution in [3.05, 3.63) is 53.3 Å². The number of nitrogens with zero attached hydrogens (tertiary/aromatic N) is 3. The van der Waals surface area contributed by atoms with Crippen LogP contribution in [0.3, 0.4) is 0 Å². The molecule has 1 N–H and O–H groups in total. The van der Waals surface area contributed by atoms with Crippen molar-refractivity contribution in [1.29, 1.82) is 0 Å². The number of aliphatic hydroxyl groups is 1. The Balaban J connectivity index is 1.39. The molecule has 1 aromatic carbocycles. The van der Waals surface area contributed by atoms with Crippen molar-refractivity contribution in [2.24, 2.45) is 7.05 Å². The first-order chi connectivity index (χ1) is 12.1. The number of hydrogen-bond acceptors (Lipinski definition) is 3. The molecule has 2 aliphatic rings. The zero-order valence-electron chi connectivity index (χ0n) is 14.7. The molecule has 132 valence electrons. The molecule has 0 bridgehead atoms. The van der Waals surface area contributed by atoms with Crippen molar-refractivity contribution in [2.45, 2.75) is 43.6 Å². The number of piperidine rings is 1. The molecule has 1 aliphatic carbocycles. The van der Waals surface area contributed by atoms with Crippen LogP contribution in [0.5, 0.6) is 0 Å². The van der Waals surface area contributed by atoms with E-state index in [4.69, 9.17) is 0 Å². The first-order valence-corrected chi connectivity index (χ1v) is 9.10. The minimum absolute atomic E-state index is 0.156. The van der Waals surface area contributed by atoms with Gasteiger partial charge in [-0.1, -0.05) is 24.3 Å². The number of carbonyl (C=O) groups excluding carboxylic acids is 1. The van der Waals surface area contributed by atoms with Crippen molar-refractivity contribution in [3.63, 3.8) is 0 Å². The van der Waals surface area contributed by atoms with Crippen LogP contribution in [-0.4, -0.2) is 44.9 Å². The van der Waals surface area contributed by atoms with E-state index in [1.807, 2.05) is 30.4 Å². The molecule has 1 aromatic heterocycles. The summed E-state index contributed by atoms with van der Waals surface area (Å²) in [6, 6.07) is 8.38. The molecule has 1 fully saturated rings. The van der Waals surface area contributed by atoms with E-state index < -0.39 is 0 Å². The van der Waals surface area contributed by atoms with Gasteiger partial charge in [-0.05, 0) is 42.4 Å². The minimum atomic E-state index is -0.322. The summed E-state index contributed by atoms with van der Waals surface area (Å²) in [6.45, 7) is 1.47. The van der Waals surface area contributed by atoms with Crippen molar-refractivity contribution in [1.82, 2.24) is 14.7 Å². The van der Waals surface area contributed by atoms with Gasteiger partial charge in [0.15, 0.2) is 0 Å². The van der Waals surface area contributed by atoms with E-state index in [1.165, 1.54) is 11.1 Å². The number of hydrogen-bond donors (Lipinski definition) is 1. The summed E-state index contributed by atoms with van der Waals surface area (Å²) in [5, 5.41) is 14.8. The van der Waals surface area contributed by atoms with Crippen molar-refractivity contribution in [3.8, 4) is 0 Å². The molecule has 2 heterocycles. The Morgan fingerprint density at radius 3 is 2.80 bits per heavy atom. The normalized spacial score (nSPS) is 21.5. The molecule has 0 radical (unpaired) electrons. The molecule has 1 aliphatic heterocycles. The molecule has 0 saturated carbocycles. The number of carbonyl (C=O) groups is 1. The number of fused-ring (bicyclic) bond motifs is 2. The third kappa shape index (κ3) is 2.86. The third-order valence-electron chi connectivity index (χ3n) is 6.00. The smallest absolute Gasteiger partial charge is 0.222 e. The topological polar surface area (TPSA) is 58.4 Å². The van der Waals surface area contributed by atoms with Crippen LogP contribution in [0.2, 0.25) is 0 Å². The van der Waals surface area contributed by atoms with E-state index in [1.54, 1.807) is 4.68 Å². The van der Waals surface area contributed by atoms with Gasteiger partial charge in [0.1, 0.15) is 0 Å². The predicted octanol–water partition coefficient (Wildman–Crippen LogP) is 1.83. The van der Waals surface area contributed by atoms with Crippen LogP contribution in [-0.2, 0) is 30.1 Å². The second-order valence-corrected chi connectivity index (χ2v) is 7.44. The number of aromatic nitrogens is 2. The number of aryl methyl sites for hydroxylation is 2. The molecule has 25 heavy (non-hydrogen) atoms. The lowest BCUT2D eigenvalue weighted by atomic mass is 9.72. The quantitative estimate of drug-likeness (QED) is 0.928. The van der Waals surface area contributed by atoms with Gasteiger partial charge in [-0.3, -0.25) is 9.48 Å². The number of rotatable bonds is 3. The highest BCUT2D eigenvalue weighted by atomic mass is 16.3. The van der Waals surface area contributed by atoms with E-state index in [0.29, 0.717) is 6.42 Å². The first kappa shape index (κ1) is 16.3. The number of aliphatic hydroxyl groups excluding tert-OH is 1. The molecule has 1 amide bonds. The van der Waals surface area contributed by atoms with E-state index in [2.05, 4.69) is 23.3 Å². The zero-order chi connectivity index (χ0) is 17.4. The predicted molar refractivity (Wildman–Crippen MR) is 95.2 cm³/mol. The van der Waals surface area contributed by atoms with Gasteiger partial charge in [0.25, 0.3) is 0 Å². The molecule has 1 saturated heterocycles. The molecular formula is C20H25N3O2. The summed E-state index contributed by atoms with van der Waals surface area (Å²) >= 11 is 0. The fraction of sp³-hybridized carbons (Fsp3) is 0.500. The molecular weight excluding hydrogens is 314 g/mol. The molecule has 1 unspecified atom stereocenters. The minimum Gasteiger partial charge on any atom is -0.392 e. The van der Waals surface area contributed by atoms with Crippen LogP contribution in [0.15, 0.2) is 36.7 Å². The zero-order valence-corrected chi connectivity index (χ0v) is 14.7. The highest BCUT2D eigenvalue weighted by molar-refractivity contribution is 5.76. The van der Waals surface area contributed by atoms with E-state index in [-0.39, 0.29) is 17.4 Å². The van der Waals surface area contributed by atoms with E-state index >= 15 is 0 Å². The van der Waals surface area contributed by atoms with Gasteiger partial charge in [-0.15, -0.1) is 0 Å². The van der Waals surface area contributed by atoms with Gasteiger partial charge in [0.2, 0.25) is 5.91 Å². The average Bonchev–Trinajstić information content (AvgIpc) is 3.16. The van der Waals surface area contributed by atoms with Gasteiger partial charge >= 0.3 is 0 Å². The van der Waals surface area contributed by atoms with Gasteiger partial charge in [-0.25, -0.2) is 0 Å². The Morgan fingerprint density at radius 1 is 1.32 bits per heavy atom. The molecule has 1 spiro atoms. The summed E-state index contributed by atoms with van der Waals surface area (Å²) in [5.74, 6) is 0.208. The van der Waals surface area contributed by atoms with Gasteiger partial charge in [-0.2, -0.15) is 5.10 Å². The Kier molecular flexibility index (Phi) is 4.12. The lowest BCUT2D eigenvalue weighted by Gasteiger charge is -2.42. The first-order valence-electron chi connectivity index (χ1n) is 9.10. The number of amides is 1. The molecule has 2 aromatic rings. The monoisotopic (exact) mass is 339 g/mol. The van der Waals surface area contributed by atoms with Crippen molar-refractivity contribution < 1.29 is 9.90 Å². The van der Waals surface area contributed by atoms with Crippen LogP contribution < -0.4 is 0 Å². The summed E-state index contributed by atoms with van der Waals surface area (Å²) in [4.78, 5) is 14.5. The summed E-state index contributed by atoms with van der Waals surface area (Å²) in [7, 11) is 1.89. The van der Waals surface area contributed by atoms with Gasteiger partial charge in [0, 0.05) is 38.2 Å². The van der Waals surface area contributed by atoms with Gasteiger partial charge in [0.05, 0.1) is 12.3 Å². The highest BCUT2D eigenvalue weighted by Gasteiger charge is 2.47. The maximum Gasteiger partial charge on any atom is 0.222 e. The lowest BCUT2D eigenvalue weighted by molar-refractivity contribution is -0.133. The van der Waals surface area contributed by atoms with Gasteiger partial charge < -0.3 is 10.0 Å². The molecule has 1 atom stereocenters. The van der Waals surface area contributed by atoms with Crippen LogP contribution in [0.25, 0.3) is 0 Å². The Labute approximate surface area is 148 Å². The number of likely N-dealkylation sites (tertiary alicyclic amines) is 1. The van der Waals surface area contributed by atoms with E-state index in [9.17, 15) is 9.90 Å². The SMILES string of the molecule is Cn1cc(CCC(=O)N2CCC3(CC2)c2ccccc2CC3O)cn1. The largest absolute Gasteiger partial charge is 0.392 e. The van der Waals surface area contributed by atoms with Crippen LogP contribution >= 0.6 is 0 Å².